The third kappa shape index (κ3) is 4.22. The van der Waals surface area contributed by atoms with E-state index in [2.05, 4.69) is 22.6 Å². The highest BCUT2D eigenvalue weighted by Crippen LogP contribution is 2.31. The van der Waals surface area contributed by atoms with Crippen LogP contribution in [0, 0.1) is 0 Å². The van der Waals surface area contributed by atoms with Crippen molar-refractivity contribution in [3.8, 4) is 11.3 Å². The van der Waals surface area contributed by atoms with E-state index in [4.69, 9.17) is 4.98 Å². The summed E-state index contributed by atoms with van der Waals surface area (Å²) < 4.78 is 0. The van der Waals surface area contributed by atoms with Gasteiger partial charge in [-0.3, -0.25) is 4.79 Å². The van der Waals surface area contributed by atoms with Gasteiger partial charge in [0.2, 0.25) is 0 Å². The molecule has 1 saturated carbocycles. The molecule has 0 unspecified atom stereocenters. The monoisotopic (exact) mass is 397 g/mol. The number of anilines is 2. The predicted octanol–water partition coefficient (Wildman–Crippen LogP) is 5.89. The molecule has 1 aromatic carbocycles. The molecule has 6 heteroatoms. The highest BCUT2D eigenvalue weighted by molar-refractivity contribution is 7.14. The number of thiophene rings is 1. The molecule has 1 aliphatic rings. The molecule has 1 N–H and O–H groups in total. The molecule has 0 spiro atoms. The van der Waals surface area contributed by atoms with Gasteiger partial charge in [0.25, 0.3) is 5.91 Å². The molecule has 27 heavy (non-hydrogen) atoms. The molecule has 0 atom stereocenters. The van der Waals surface area contributed by atoms with Crippen LogP contribution in [0.1, 0.15) is 41.8 Å². The molecule has 3 aromatic rings. The van der Waals surface area contributed by atoms with Crippen molar-refractivity contribution in [1.29, 1.82) is 0 Å². The highest BCUT2D eigenvalue weighted by Gasteiger charge is 2.20. The number of thiazole rings is 1. The Hall–Kier alpha value is -2.18. The smallest absolute Gasteiger partial charge is 0.265 e. The lowest BCUT2D eigenvalue weighted by molar-refractivity contribution is 0.103. The summed E-state index contributed by atoms with van der Waals surface area (Å²) in [5.74, 6) is -0.0669. The van der Waals surface area contributed by atoms with Crippen molar-refractivity contribution in [3.05, 3.63) is 52.0 Å². The van der Waals surface area contributed by atoms with Gasteiger partial charge in [-0.15, -0.1) is 22.7 Å². The summed E-state index contributed by atoms with van der Waals surface area (Å²) in [6.45, 7) is 0. The normalized spacial score (nSPS) is 14.9. The Morgan fingerprint density at radius 1 is 1.11 bits per heavy atom. The summed E-state index contributed by atoms with van der Waals surface area (Å²) in [4.78, 5) is 20.1. The lowest BCUT2D eigenvalue weighted by Crippen LogP contribution is -2.33. The van der Waals surface area contributed by atoms with Crippen LogP contribution in [-0.2, 0) is 0 Å². The molecule has 0 saturated heterocycles. The van der Waals surface area contributed by atoms with Gasteiger partial charge < -0.3 is 10.2 Å². The quantitative estimate of drug-likeness (QED) is 0.583. The Morgan fingerprint density at radius 3 is 2.59 bits per heavy atom. The van der Waals surface area contributed by atoms with E-state index in [1.54, 1.807) is 11.3 Å². The number of amides is 1. The number of carbonyl (C=O) groups excluding carboxylic acids is 1. The van der Waals surface area contributed by atoms with Crippen LogP contribution in [0.4, 0.5) is 10.8 Å². The van der Waals surface area contributed by atoms with Gasteiger partial charge in [-0.25, -0.2) is 4.98 Å². The Kier molecular flexibility index (Phi) is 5.55. The fraction of sp³-hybridized carbons (Fsp3) is 0.333. The molecule has 1 amide bonds. The molecule has 2 aromatic heterocycles. The molecular formula is C21H23N3OS2. The number of nitrogens with zero attached hydrogens (tertiary/aromatic N) is 2. The van der Waals surface area contributed by atoms with Crippen LogP contribution in [0.2, 0.25) is 0 Å². The van der Waals surface area contributed by atoms with Crippen molar-refractivity contribution in [2.75, 3.05) is 17.3 Å². The fourth-order valence-corrected chi connectivity index (χ4v) is 5.00. The van der Waals surface area contributed by atoms with E-state index < -0.39 is 0 Å². The van der Waals surface area contributed by atoms with Crippen molar-refractivity contribution in [2.45, 2.75) is 38.1 Å². The predicted molar refractivity (Wildman–Crippen MR) is 115 cm³/mol. The minimum absolute atomic E-state index is 0.0669. The van der Waals surface area contributed by atoms with Crippen LogP contribution in [0.3, 0.4) is 0 Å². The number of carbonyl (C=O) groups is 1. The van der Waals surface area contributed by atoms with Crippen LogP contribution >= 0.6 is 22.7 Å². The first-order valence-corrected chi connectivity index (χ1v) is 11.1. The molecule has 1 fully saturated rings. The average molecular weight is 398 g/mol. The third-order valence-corrected chi connectivity index (χ3v) is 6.90. The van der Waals surface area contributed by atoms with E-state index >= 15 is 0 Å². The second kappa shape index (κ2) is 8.23. The van der Waals surface area contributed by atoms with Crippen molar-refractivity contribution < 1.29 is 4.79 Å². The Labute approximate surface area is 167 Å². The van der Waals surface area contributed by atoms with Crippen LogP contribution in [0.15, 0.2) is 47.2 Å². The Morgan fingerprint density at radius 2 is 1.89 bits per heavy atom. The zero-order chi connectivity index (χ0) is 18.6. The van der Waals surface area contributed by atoms with Gasteiger partial charge in [0, 0.05) is 29.7 Å². The highest BCUT2D eigenvalue weighted by atomic mass is 32.1. The zero-order valence-corrected chi connectivity index (χ0v) is 17.0. The summed E-state index contributed by atoms with van der Waals surface area (Å²) in [6, 6.07) is 12.2. The molecule has 4 rings (SSSR count). The van der Waals surface area contributed by atoms with Gasteiger partial charge in [0.15, 0.2) is 5.13 Å². The minimum Gasteiger partial charge on any atom is -0.348 e. The number of nitrogens with one attached hydrogen (secondary N) is 1. The largest absolute Gasteiger partial charge is 0.348 e. The Bertz CT molecular complexity index is 881. The van der Waals surface area contributed by atoms with Crippen molar-refractivity contribution >= 4 is 39.4 Å². The van der Waals surface area contributed by atoms with Crippen molar-refractivity contribution in [3.63, 3.8) is 0 Å². The number of hydrogen-bond acceptors (Lipinski definition) is 5. The molecule has 0 aliphatic heterocycles. The summed E-state index contributed by atoms with van der Waals surface area (Å²) in [5.41, 5.74) is 2.87. The maximum atomic E-state index is 12.1. The van der Waals surface area contributed by atoms with Crippen molar-refractivity contribution in [2.24, 2.45) is 0 Å². The van der Waals surface area contributed by atoms with Crippen LogP contribution in [-0.4, -0.2) is 24.0 Å². The SMILES string of the molecule is CN(c1nc(-c2ccc(NC(=O)c3cccs3)cc2)cs1)C1CCCCC1. The molecule has 4 nitrogen and oxygen atoms in total. The van der Waals surface area contributed by atoms with E-state index in [-0.39, 0.29) is 5.91 Å². The van der Waals surface area contributed by atoms with Crippen LogP contribution < -0.4 is 10.2 Å². The average Bonchev–Trinajstić information content (AvgIpc) is 3.41. The summed E-state index contributed by atoms with van der Waals surface area (Å²) in [6.07, 6.45) is 6.55. The maximum Gasteiger partial charge on any atom is 0.265 e. The van der Waals surface area contributed by atoms with E-state index in [0.29, 0.717) is 10.9 Å². The first kappa shape index (κ1) is 18.2. The first-order valence-electron chi connectivity index (χ1n) is 9.34. The van der Waals surface area contributed by atoms with Crippen LogP contribution in [0.5, 0.6) is 0 Å². The standard InChI is InChI=1S/C21H23N3OS2/c1-24(17-6-3-2-4-7-17)21-23-18(14-27-21)15-9-11-16(12-10-15)22-20(25)19-8-5-13-26-19/h5,8-14,17H,2-4,6-7H2,1H3,(H,22,25). The van der Waals surface area contributed by atoms with E-state index in [0.717, 1.165) is 22.1 Å². The lowest BCUT2D eigenvalue weighted by atomic mass is 9.95. The third-order valence-electron chi connectivity index (χ3n) is 5.10. The summed E-state index contributed by atoms with van der Waals surface area (Å²) in [5, 5.41) is 8.05. The first-order chi connectivity index (χ1) is 13.2. The minimum atomic E-state index is -0.0669. The van der Waals surface area contributed by atoms with E-state index in [1.807, 2.05) is 41.8 Å². The molecule has 2 heterocycles. The van der Waals surface area contributed by atoms with Gasteiger partial charge in [-0.1, -0.05) is 37.5 Å². The van der Waals surface area contributed by atoms with E-state index in [9.17, 15) is 4.79 Å². The van der Waals surface area contributed by atoms with E-state index in [1.165, 1.54) is 43.4 Å². The van der Waals surface area contributed by atoms with Gasteiger partial charge in [0.05, 0.1) is 10.6 Å². The molecular weight excluding hydrogens is 374 g/mol. The lowest BCUT2D eigenvalue weighted by Gasteiger charge is -2.30. The number of benzene rings is 1. The number of aromatic nitrogens is 1. The van der Waals surface area contributed by atoms with Gasteiger partial charge >= 0.3 is 0 Å². The maximum absolute atomic E-state index is 12.1. The molecule has 0 bridgehead atoms. The topological polar surface area (TPSA) is 45.2 Å². The molecule has 140 valence electrons. The summed E-state index contributed by atoms with van der Waals surface area (Å²) >= 11 is 3.15. The fourth-order valence-electron chi connectivity index (χ4n) is 3.51. The van der Waals surface area contributed by atoms with Crippen molar-refractivity contribution in [1.82, 2.24) is 4.98 Å². The zero-order valence-electron chi connectivity index (χ0n) is 15.4. The summed E-state index contributed by atoms with van der Waals surface area (Å²) in [7, 11) is 2.17. The number of rotatable bonds is 5. The second-order valence-corrected chi connectivity index (χ2v) is 8.71. The molecule has 1 aliphatic carbocycles. The Balaban J connectivity index is 1.43. The second-order valence-electron chi connectivity index (χ2n) is 6.93. The van der Waals surface area contributed by atoms with Crippen LogP contribution in [0.25, 0.3) is 11.3 Å². The number of hydrogen-bond donors (Lipinski definition) is 1. The van der Waals surface area contributed by atoms with Gasteiger partial charge in [0.1, 0.15) is 0 Å². The molecule has 0 radical (unpaired) electrons. The van der Waals surface area contributed by atoms with Gasteiger partial charge in [-0.2, -0.15) is 0 Å². The van der Waals surface area contributed by atoms with Gasteiger partial charge in [-0.05, 0) is 36.4 Å².